The molecule has 0 saturated carbocycles. The molecule has 3 aromatic rings. The lowest BCUT2D eigenvalue weighted by atomic mass is 10.0. The minimum absolute atomic E-state index is 0.0926. The number of benzene rings is 2. The predicted octanol–water partition coefficient (Wildman–Crippen LogP) is -0.247. The van der Waals surface area contributed by atoms with Crippen molar-refractivity contribution in [2.45, 2.75) is 19.5 Å². The lowest BCUT2D eigenvalue weighted by Crippen LogP contribution is -3.28. The van der Waals surface area contributed by atoms with Crippen molar-refractivity contribution >= 4 is 0 Å². The van der Waals surface area contributed by atoms with Gasteiger partial charge in [-0.25, -0.2) is 9.07 Å². The van der Waals surface area contributed by atoms with Crippen LogP contribution in [0.5, 0.6) is 0 Å². The monoisotopic (exact) mass is 382 g/mol. The standard InChI is InChI=1S/C21H25FN6/c1-2-26-12-14-27(15-13-26)20(18-6-4-3-5-7-18)21-23-24-25-28(21)16-17-8-10-19(22)11-9-17/h3-11,20H,2,12-16H2,1H3/p+2/t20-/m1/s1. The largest absolute Gasteiger partial charge is 0.326 e. The Balaban J connectivity index is 1.64. The van der Waals surface area contributed by atoms with E-state index < -0.39 is 0 Å². The van der Waals surface area contributed by atoms with Crippen molar-refractivity contribution in [2.75, 3.05) is 32.7 Å². The third-order valence-corrected chi connectivity index (χ3v) is 5.70. The second-order valence-corrected chi connectivity index (χ2v) is 7.43. The van der Waals surface area contributed by atoms with E-state index in [4.69, 9.17) is 0 Å². The second-order valence-electron chi connectivity index (χ2n) is 7.43. The molecule has 1 aliphatic heterocycles. The highest BCUT2D eigenvalue weighted by molar-refractivity contribution is 5.23. The Morgan fingerprint density at radius 2 is 1.71 bits per heavy atom. The van der Waals surface area contributed by atoms with E-state index in [9.17, 15) is 4.39 Å². The molecular weight excluding hydrogens is 355 g/mol. The molecule has 7 heteroatoms. The van der Waals surface area contributed by atoms with E-state index in [1.807, 2.05) is 10.7 Å². The molecule has 4 rings (SSSR count). The Hall–Kier alpha value is -2.64. The van der Waals surface area contributed by atoms with Crippen LogP contribution < -0.4 is 9.80 Å². The molecule has 1 fully saturated rings. The minimum atomic E-state index is -0.233. The number of nitrogens with one attached hydrogen (secondary N) is 2. The number of hydrogen-bond acceptors (Lipinski definition) is 3. The highest BCUT2D eigenvalue weighted by Crippen LogP contribution is 2.17. The van der Waals surface area contributed by atoms with Gasteiger partial charge >= 0.3 is 0 Å². The maximum absolute atomic E-state index is 13.2. The molecule has 6 nitrogen and oxygen atoms in total. The number of halogens is 1. The summed E-state index contributed by atoms with van der Waals surface area (Å²) in [5, 5.41) is 12.6. The molecule has 0 bridgehead atoms. The summed E-state index contributed by atoms with van der Waals surface area (Å²) >= 11 is 0. The van der Waals surface area contributed by atoms with Crippen molar-refractivity contribution in [1.29, 1.82) is 0 Å². The average molecular weight is 382 g/mol. The molecule has 1 aliphatic rings. The smallest absolute Gasteiger partial charge is 0.214 e. The zero-order valence-corrected chi connectivity index (χ0v) is 16.2. The molecule has 1 atom stereocenters. The van der Waals surface area contributed by atoms with Crippen molar-refractivity contribution in [3.8, 4) is 0 Å². The summed E-state index contributed by atoms with van der Waals surface area (Å²) in [6.07, 6.45) is 0. The lowest BCUT2D eigenvalue weighted by molar-refractivity contribution is -1.02. The van der Waals surface area contributed by atoms with Gasteiger partial charge in [-0.15, -0.1) is 5.10 Å². The van der Waals surface area contributed by atoms with E-state index in [0.717, 1.165) is 37.6 Å². The van der Waals surface area contributed by atoms with Gasteiger partial charge in [0.2, 0.25) is 5.82 Å². The molecule has 2 N–H and O–H groups in total. The van der Waals surface area contributed by atoms with Crippen LogP contribution in [0, 0.1) is 5.82 Å². The van der Waals surface area contributed by atoms with Crippen molar-refractivity contribution in [3.63, 3.8) is 0 Å². The molecule has 0 aliphatic carbocycles. The third-order valence-electron chi connectivity index (χ3n) is 5.70. The zero-order valence-electron chi connectivity index (χ0n) is 16.2. The molecule has 146 valence electrons. The SMILES string of the molecule is CC[NH+]1CC[NH+]([C@H](c2ccccc2)c2nnnn2Cc2ccc(F)cc2)CC1. The number of rotatable bonds is 6. The first-order chi connectivity index (χ1) is 13.7. The molecule has 0 unspecified atom stereocenters. The maximum Gasteiger partial charge on any atom is 0.214 e. The second kappa shape index (κ2) is 8.58. The summed E-state index contributed by atoms with van der Waals surface area (Å²) in [5.74, 6) is 0.633. The van der Waals surface area contributed by atoms with Crippen LogP contribution in [0.25, 0.3) is 0 Å². The van der Waals surface area contributed by atoms with E-state index in [1.54, 1.807) is 17.0 Å². The fourth-order valence-corrected chi connectivity index (χ4v) is 4.07. The van der Waals surface area contributed by atoms with Crippen LogP contribution in [0.4, 0.5) is 4.39 Å². The number of nitrogens with zero attached hydrogens (tertiary/aromatic N) is 4. The lowest BCUT2D eigenvalue weighted by Gasteiger charge is -2.33. The van der Waals surface area contributed by atoms with Crippen LogP contribution in [0.3, 0.4) is 0 Å². The minimum Gasteiger partial charge on any atom is -0.326 e. The Bertz CT molecular complexity index is 871. The van der Waals surface area contributed by atoms with E-state index in [-0.39, 0.29) is 11.9 Å². The summed E-state index contributed by atoms with van der Waals surface area (Å²) in [5.41, 5.74) is 2.21. The summed E-state index contributed by atoms with van der Waals surface area (Å²) in [7, 11) is 0. The molecule has 1 aromatic heterocycles. The Kier molecular flexibility index (Phi) is 5.73. The first kappa shape index (κ1) is 18.7. The molecule has 0 amide bonds. The summed E-state index contributed by atoms with van der Waals surface area (Å²) in [6, 6.07) is 17.1. The van der Waals surface area contributed by atoms with Crippen molar-refractivity contribution in [1.82, 2.24) is 20.2 Å². The normalized spacial score (nSPS) is 20.8. The highest BCUT2D eigenvalue weighted by atomic mass is 19.1. The van der Waals surface area contributed by atoms with E-state index in [2.05, 4.69) is 46.7 Å². The van der Waals surface area contributed by atoms with Gasteiger partial charge in [-0.2, -0.15) is 0 Å². The van der Waals surface area contributed by atoms with Crippen molar-refractivity contribution in [2.24, 2.45) is 0 Å². The van der Waals surface area contributed by atoms with E-state index >= 15 is 0 Å². The average Bonchev–Trinajstić information content (AvgIpc) is 3.19. The number of piperazine rings is 1. The number of quaternary nitrogens is 2. The van der Waals surface area contributed by atoms with Crippen LogP contribution in [0.2, 0.25) is 0 Å². The molecular formula is C21H27FN6+2. The maximum atomic E-state index is 13.2. The molecule has 2 heterocycles. The first-order valence-corrected chi connectivity index (χ1v) is 9.98. The Morgan fingerprint density at radius 3 is 2.39 bits per heavy atom. The fourth-order valence-electron chi connectivity index (χ4n) is 4.07. The van der Waals surface area contributed by atoms with Gasteiger partial charge in [0.05, 0.1) is 13.1 Å². The van der Waals surface area contributed by atoms with Gasteiger partial charge in [0.15, 0.2) is 6.04 Å². The van der Waals surface area contributed by atoms with Gasteiger partial charge in [0.25, 0.3) is 0 Å². The third kappa shape index (κ3) is 4.10. The van der Waals surface area contributed by atoms with Crippen molar-refractivity contribution < 1.29 is 14.2 Å². The van der Waals surface area contributed by atoms with E-state index in [0.29, 0.717) is 6.54 Å². The molecule has 1 saturated heterocycles. The Labute approximate surface area is 164 Å². The first-order valence-electron chi connectivity index (χ1n) is 9.98. The number of hydrogen-bond donors (Lipinski definition) is 2. The van der Waals surface area contributed by atoms with Gasteiger partial charge in [-0.3, -0.25) is 0 Å². The van der Waals surface area contributed by atoms with Crippen LogP contribution in [0.15, 0.2) is 54.6 Å². The van der Waals surface area contributed by atoms with Gasteiger partial charge in [0.1, 0.15) is 32.0 Å². The number of likely N-dealkylation sites (N-methyl/N-ethyl adjacent to an activating group) is 1. The molecule has 0 spiro atoms. The Morgan fingerprint density at radius 1 is 1.00 bits per heavy atom. The van der Waals surface area contributed by atoms with Gasteiger partial charge in [-0.05, 0) is 35.0 Å². The summed E-state index contributed by atoms with van der Waals surface area (Å²) in [4.78, 5) is 3.15. The topological polar surface area (TPSA) is 52.5 Å². The van der Waals surface area contributed by atoms with Crippen LogP contribution in [-0.2, 0) is 6.54 Å². The van der Waals surface area contributed by atoms with E-state index in [1.165, 1.54) is 29.1 Å². The molecule has 28 heavy (non-hydrogen) atoms. The van der Waals surface area contributed by atoms with Crippen molar-refractivity contribution in [3.05, 3.63) is 77.4 Å². The fraction of sp³-hybridized carbons (Fsp3) is 0.381. The van der Waals surface area contributed by atoms with Gasteiger partial charge in [0, 0.05) is 5.56 Å². The number of aromatic nitrogens is 4. The quantitative estimate of drug-likeness (QED) is 0.619. The highest BCUT2D eigenvalue weighted by Gasteiger charge is 2.35. The van der Waals surface area contributed by atoms with Crippen LogP contribution in [-0.4, -0.2) is 52.9 Å². The van der Waals surface area contributed by atoms with Gasteiger partial charge < -0.3 is 9.80 Å². The van der Waals surface area contributed by atoms with Crippen LogP contribution in [0.1, 0.15) is 29.9 Å². The zero-order chi connectivity index (χ0) is 19.3. The predicted molar refractivity (Wildman–Crippen MR) is 104 cm³/mol. The van der Waals surface area contributed by atoms with Gasteiger partial charge in [-0.1, -0.05) is 42.5 Å². The summed E-state index contributed by atoms with van der Waals surface area (Å²) < 4.78 is 15.1. The molecule has 0 radical (unpaired) electrons. The van der Waals surface area contributed by atoms with Crippen LogP contribution >= 0.6 is 0 Å². The summed E-state index contributed by atoms with van der Waals surface area (Å²) in [6.45, 7) is 8.46. The molecule has 2 aromatic carbocycles. The number of tetrazole rings is 1.